The summed E-state index contributed by atoms with van der Waals surface area (Å²) in [6.45, 7) is 4.90. The van der Waals surface area contributed by atoms with Gasteiger partial charge in [0, 0.05) is 29.8 Å². The van der Waals surface area contributed by atoms with Gasteiger partial charge in [-0.3, -0.25) is 9.69 Å². The molecule has 0 saturated heterocycles. The number of para-hydroxylation sites is 1. The van der Waals surface area contributed by atoms with Crippen LogP contribution in [0.1, 0.15) is 28.4 Å². The highest BCUT2D eigenvalue weighted by Crippen LogP contribution is 2.45. The topological polar surface area (TPSA) is 55.6 Å². The number of nitrogens with two attached hydrogens (primary N) is 1. The molecule has 0 radical (unpaired) electrons. The van der Waals surface area contributed by atoms with Crippen LogP contribution in [0.25, 0.3) is 11.1 Å². The standard InChI is InChI=1S/C19H18N2O2/c1-2-21-10-15-13-5-3-4-6-17(13)23-18-8-7-12(19(20)22)9-14(18)16(15)11-21/h3-9H,2,10-11H2,1H3,(H2,20,22). The van der Waals surface area contributed by atoms with Crippen molar-refractivity contribution in [3.8, 4) is 11.5 Å². The second-order valence-corrected chi connectivity index (χ2v) is 5.93. The van der Waals surface area contributed by atoms with Crippen molar-refractivity contribution < 1.29 is 9.53 Å². The van der Waals surface area contributed by atoms with Gasteiger partial charge in [0.05, 0.1) is 0 Å². The lowest BCUT2D eigenvalue weighted by Crippen LogP contribution is -2.20. The molecule has 4 rings (SSSR count). The zero-order valence-electron chi connectivity index (χ0n) is 13.0. The van der Waals surface area contributed by atoms with Crippen LogP contribution in [0.15, 0.2) is 42.5 Å². The summed E-state index contributed by atoms with van der Waals surface area (Å²) in [5.41, 5.74) is 10.6. The van der Waals surface area contributed by atoms with Gasteiger partial charge in [-0.2, -0.15) is 0 Å². The Hall–Kier alpha value is -2.59. The molecule has 2 aromatic carbocycles. The number of amides is 1. The third-order valence-electron chi connectivity index (χ3n) is 4.60. The van der Waals surface area contributed by atoms with E-state index >= 15 is 0 Å². The van der Waals surface area contributed by atoms with E-state index in [0.717, 1.165) is 42.3 Å². The molecule has 2 aromatic rings. The zero-order valence-corrected chi connectivity index (χ0v) is 13.0. The van der Waals surface area contributed by atoms with Gasteiger partial charge in [0.1, 0.15) is 11.5 Å². The minimum Gasteiger partial charge on any atom is -0.456 e. The maximum absolute atomic E-state index is 11.6. The molecule has 4 heteroatoms. The highest BCUT2D eigenvalue weighted by atomic mass is 16.5. The molecule has 0 aliphatic carbocycles. The maximum Gasteiger partial charge on any atom is 0.248 e. The first-order valence-electron chi connectivity index (χ1n) is 7.83. The summed E-state index contributed by atoms with van der Waals surface area (Å²) in [5, 5.41) is 0. The number of rotatable bonds is 2. The van der Waals surface area contributed by atoms with Crippen LogP contribution < -0.4 is 10.5 Å². The summed E-state index contributed by atoms with van der Waals surface area (Å²) in [4.78, 5) is 13.9. The predicted octanol–water partition coefficient (Wildman–Crippen LogP) is 3.14. The summed E-state index contributed by atoms with van der Waals surface area (Å²) < 4.78 is 6.13. The van der Waals surface area contributed by atoms with Crippen molar-refractivity contribution in [1.82, 2.24) is 4.90 Å². The molecular formula is C19H18N2O2. The fraction of sp³-hybridized carbons (Fsp3) is 0.211. The zero-order chi connectivity index (χ0) is 16.0. The smallest absolute Gasteiger partial charge is 0.248 e. The Morgan fingerprint density at radius 1 is 1.09 bits per heavy atom. The van der Waals surface area contributed by atoms with E-state index in [2.05, 4.69) is 17.9 Å². The molecule has 0 saturated carbocycles. The third-order valence-corrected chi connectivity index (χ3v) is 4.60. The fourth-order valence-corrected chi connectivity index (χ4v) is 3.34. The number of likely N-dealkylation sites (N-methyl/N-ethyl adjacent to an activating group) is 1. The second kappa shape index (κ2) is 5.25. The SMILES string of the molecule is CCN1CC2=C(C1)c1cc(C(N)=O)ccc1Oc1ccccc12. The number of hydrogen-bond donors (Lipinski definition) is 1. The monoisotopic (exact) mass is 306 g/mol. The van der Waals surface area contributed by atoms with Crippen LogP contribution >= 0.6 is 0 Å². The van der Waals surface area contributed by atoms with Gasteiger partial charge >= 0.3 is 0 Å². The van der Waals surface area contributed by atoms with Gasteiger partial charge in [0.15, 0.2) is 0 Å². The molecule has 0 spiro atoms. The molecule has 2 N–H and O–H groups in total. The van der Waals surface area contributed by atoms with Crippen molar-refractivity contribution in [3.63, 3.8) is 0 Å². The average molecular weight is 306 g/mol. The van der Waals surface area contributed by atoms with Gasteiger partial charge in [-0.1, -0.05) is 25.1 Å². The number of fused-ring (bicyclic) bond motifs is 4. The fourth-order valence-electron chi connectivity index (χ4n) is 3.34. The molecule has 0 atom stereocenters. The summed E-state index contributed by atoms with van der Waals surface area (Å²) in [5.74, 6) is 1.23. The van der Waals surface area contributed by atoms with Crippen molar-refractivity contribution in [2.24, 2.45) is 5.73 Å². The first-order valence-corrected chi connectivity index (χ1v) is 7.83. The van der Waals surface area contributed by atoms with Gasteiger partial charge in [-0.15, -0.1) is 0 Å². The van der Waals surface area contributed by atoms with E-state index in [1.54, 1.807) is 6.07 Å². The Kier molecular flexibility index (Phi) is 3.20. The van der Waals surface area contributed by atoms with Crippen molar-refractivity contribution in [2.75, 3.05) is 19.6 Å². The molecule has 2 heterocycles. The number of carbonyl (C=O) groups is 1. The molecule has 0 bridgehead atoms. The van der Waals surface area contributed by atoms with Crippen LogP contribution in [0.2, 0.25) is 0 Å². The van der Waals surface area contributed by atoms with Gasteiger partial charge < -0.3 is 10.5 Å². The lowest BCUT2D eigenvalue weighted by atomic mass is 9.96. The molecule has 2 aliphatic heterocycles. The van der Waals surface area contributed by atoms with Crippen molar-refractivity contribution in [1.29, 1.82) is 0 Å². The van der Waals surface area contributed by atoms with E-state index in [1.165, 1.54) is 11.1 Å². The van der Waals surface area contributed by atoms with Crippen LogP contribution in [0.3, 0.4) is 0 Å². The molecule has 4 nitrogen and oxygen atoms in total. The van der Waals surface area contributed by atoms with Gasteiger partial charge in [-0.25, -0.2) is 0 Å². The number of primary amides is 1. The first kappa shape index (κ1) is 14.0. The maximum atomic E-state index is 11.6. The summed E-state index contributed by atoms with van der Waals surface area (Å²) >= 11 is 0. The molecule has 0 fully saturated rings. The normalized spacial score (nSPS) is 16.2. The number of benzene rings is 2. The summed E-state index contributed by atoms with van der Waals surface area (Å²) in [7, 11) is 0. The summed E-state index contributed by atoms with van der Waals surface area (Å²) in [6.07, 6.45) is 0. The van der Waals surface area contributed by atoms with Crippen LogP contribution in [-0.4, -0.2) is 30.4 Å². The Morgan fingerprint density at radius 3 is 2.52 bits per heavy atom. The quantitative estimate of drug-likeness (QED) is 0.927. The summed E-state index contributed by atoms with van der Waals surface area (Å²) in [6, 6.07) is 13.5. The van der Waals surface area contributed by atoms with E-state index in [-0.39, 0.29) is 0 Å². The number of carbonyl (C=O) groups excluding carboxylic acids is 1. The van der Waals surface area contributed by atoms with Crippen LogP contribution in [0.4, 0.5) is 0 Å². The Bertz CT molecular complexity index is 839. The third kappa shape index (κ3) is 2.23. The van der Waals surface area contributed by atoms with Crippen LogP contribution in [0, 0.1) is 0 Å². The largest absolute Gasteiger partial charge is 0.456 e. The van der Waals surface area contributed by atoms with E-state index in [9.17, 15) is 4.79 Å². The second-order valence-electron chi connectivity index (χ2n) is 5.93. The molecule has 0 unspecified atom stereocenters. The van der Waals surface area contributed by atoms with E-state index in [0.29, 0.717) is 5.56 Å². The van der Waals surface area contributed by atoms with Crippen LogP contribution in [-0.2, 0) is 0 Å². The van der Waals surface area contributed by atoms with Crippen molar-refractivity contribution in [2.45, 2.75) is 6.92 Å². The number of hydrogen-bond acceptors (Lipinski definition) is 3. The Labute approximate surface area is 135 Å². The van der Waals surface area contributed by atoms with Crippen molar-refractivity contribution >= 4 is 17.1 Å². The highest BCUT2D eigenvalue weighted by molar-refractivity contribution is 6.01. The molecular weight excluding hydrogens is 288 g/mol. The Balaban J connectivity index is 1.95. The highest BCUT2D eigenvalue weighted by Gasteiger charge is 2.29. The van der Waals surface area contributed by atoms with Crippen molar-refractivity contribution in [3.05, 3.63) is 59.2 Å². The first-order chi connectivity index (χ1) is 11.2. The molecule has 116 valence electrons. The molecule has 1 amide bonds. The number of ether oxygens (including phenoxy) is 1. The minimum atomic E-state index is -0.415. The van der Waals surface area contributed by atoms with Gasteiger partial charge in [0.25, 0.3) is 0 Å². The Morgan fingerprint density at radius 2 is 1.78 bits per heavy atom. The van der Waals surface area contributed by atoms with E-state index < -0.39 is 5.91 Å². The molecule has 2 aliphatic rings. The lowest BCUT2D eigenvalue weighted by molar-refractivity contribution is 0.100. The molecule has 23 heavy (non-hydrogen) atoms. The van der Waals surface area contributed by atoms with Gasteiger partial charge in [-0.05, 0) is 42.0 Å². The number of nitrogens with zero attached hydrogens (tertiary/aromatic N) is 1. The van der Waals surface area contributed by atoms with Crippen LogP contribution in [0.5, 0.6) is 11.5 Å². The van der Waals surface area contributed by atoms with E-state index in [4.69, 9.17) is 10.5 Å². The van der Waals surface area contributed by atoms with Gasteiger partial charge in [0.2, 0.25) is 5.91 Å². The minimum absolute atomic E-state index is 0.415. The lowest BCUT2D eigenvalue weighted by Gasteiger charge is -2.16. The molecule has 0 aromatic heterocycles. The average Bonchev–Trinajstić information content (AvgIpc) is 2.94. The van der Waals surface area contributed by atoms with E-state index in [1.807, 2.05) is 30.3 Å². The predicted molar refractivity (Wildman–Crippen MR) is 90.4 cm³/mol.